The monoisotopic (exact) mass is 717 g/mol. The Morgan fingerprint density at radius 1 is 0.518 bits per heavy atom. The molecule has 56 heavy (non-hydrogen) atoms. The van der Waals surface area contributed by atoms with Crippen LogP contribution < -0.4 is 0 Å². The number of allylic oxidation sites excluding steroid dienone is 2. The van der Waals surface area contributed by atoms with Gasteiger partial charge in [-0.3, -0.25) is 4.99 Å². The predicted octanol–water partition coefficient (Wildman–Crippen LogP) is 13.5. The number of benzene rings is 7. The average molecular weight is 718 g/mol. The lowest BCUT2D eigenvalue weighted by molar-refractivity contribution is 0.568. The molecule has 3 heteroatoms. The van der Waals surface area contributed by atoms with Gasteiger partial charge in [0.15, 0.2) is 0 Å². The number of rotatable bonds is 6. The zero-order valence-corrected chi connectivity index (χ0v) is 31.0. The van der Waals surface area contributed by atoms with E-state index in [9.17, 15) is 0 Å². The molecule has 0 amide bonds. The topological polar surface area (TPSA) is 22.2 Å². The Morgan fingerprint density at radius 2 is 1.18 bits per heavy atom. The van der Waals surface area contributed by atoms with Gasteiger partial charge in [-0.15, -0.1) is 0 Å². The second-order valence-electron chi connectivity index (χ2n) is 15.0. The van der Waals surface area contributed by atoms with Crippen LogP contribution in [0.4, 0.5) is 0 Å². The number of aryl methyl sites for hydroxylation is 1. The summed E-state index contributed by atoms with van der Waals surface area (Å²) < 4.78 is 4.90. The molecule has 1 aliphatic heterocycles. The summed E-state index contributed by atoms with van der Waals surface area (Å²) >= 11 is 0. The standard InChI is InChI=1S/C53H39N3/c1-4-15-36(16-5-1)41-34-47(39-17-6-2-7-18-39)54-52(35-41)56-48-24-12-10-21-44(48)46-33-40(31-32-50(46)56)37-27-29-38(30-28-37)43-23-14-26-51-53(43)45-22-11-13-25-49(45)55(51)42-19-8-3-9-20-42/h1-10,12-21,23-34,52H,11,22,35H2. The van der Waals surface area contributed by atoms with Gasteiger partial charge in [0.1, 0.15) is 6.17 Å². The van der Waals surface area contributed by atoms with E-state index >= 15 is 0 Å². The van der Waals surface area contributed by atoms with Gasteiger partial charge in [0.05, 0.1) is 22.3 Å². The fraction of sp³-hybridized carbons (Fsp3) is 0.0755. The van der Waals surface area contributed by atoms with Gasteiger partial charge in [-0.1, -0.05) is 146 Å². The Bertz CT molecular complexity index is 3010. The number of aliphatic imine (C=N–C) groups is 1. The minimum Gasteiger partial charge on any atom is -0.317 e. The number of dihydropyridines is 1. The Kier molecular flexibility index (Phi) is 7.77. The molecule has 0 bridgehead atoms. The molecule has 1 atom stereocenters. The fourth-order valence-electron chi connectivity index (χ4n) is 9.16. The molecule has 3 nitrogen and oxygen atoms in total. The van der Waals surface area contributed by atoms with Crippen LogP contribution in [0, 0.1) is 0 Å². The molecule has 0 saturated carbocycles. The van der Waals surface area contributed by atoms with Crippen molar-refractivity contribution >= 4 is 50.1 Å². The quantitative estimate of drug-likeness (QED) is 0.163. The van der Waals surface area contributed by atoms with Crippen molar-refractivity contribution in [2.45, 2.75) is 25.4 Å². The van der Waals surface area contributed by atoms with E-state index in [-0.39, 0.29) is 6.17 Å². The van der Waals surface area contributed by atoms with Crippen molar-refractivity contribution in [3.63, 3.8) is 0 Å². The largest absolute Gasteiger partial charge is 0.317 e. The lowest BCUT2D eigenvalue weighted by Gasteiger charge is -2.25. The zero-order valence-electron chi connectivity index (χ0n) is 31.0. The highest BCUT2D eigenvalue weighted by Crippen LogP contribution is 2.42. The molecule has 0 fully saturated rings. The van der Waals surface area contributed by atoms with Gasteiger partial charge >= 0.3 is 0 Å². The number of hydrogen-bond acceptors (Lipinski definition) is 1. The fourth-order valence-corrected chi connectivity index (χ4v) is 9.16. The van der Waals surface area contributed by atoms with Crippen LogP contribution in [0.15, 0.2) is 193 Å². The third-order valence-corrected chi connectivity index (χ3v) is 11.7. The van der Waals surface area contributed by atoms with E-state index < -0.39 is 0 Å². The maximum Gasteiger partial charge on any atom is 0.130 e. The molecule has 3 heterocycles. The lowest BCUT2D eigenvalue weighted by atomic mass is 9.93. The van der Waals surface area contributed by atoms with Crippen LogP contribution in [-0.4, -0.2) is 14.8 Å². The average Bonchev–Trinajstić information content (AvgIpc) is 3.80. The van der Waals surface area contributed by atoms with Crippen molar-refractivity contribution in [3.8, 4) is 27.9 Å². The summed E-state index contributed by atoms with van der Waals surface area (Å²) in [5.41, 5.74) is 17.3. The molecule has 0 radical (unpaired) electrons. The number of aromatic nitrogens is 2. The molecule has 9 aromatic rings. The van der Waals surface area contributed by atoms with Crippen LogP contribution in [0.1, 0.15) is 41.4 Å². The number of hydrogen-bond donors (Lipinski definition) is 0. The van der Waals surface area contributed by atoms with Crippen LogP contribution in [0.2, 0.25) is 0 Å². The zero-order chi connectivity index (χ0) is 37.0. The molecule has 2 aliphatic rings. The molecule has 0 spiro atoms. The Morgan fingerprint density at radius 3 is 1.98 bits per heavy atom. The minimum absolute atomic E-state index is 0.0846. The number of nitrogens with zero attached hydrogens (tertiary/aromatic N) is 3. The van der Waals surface area contributed by atoms with Crippen LogP contribution in [0.25, 0.3) is 72.3 Å². The molecule has 2 aromatic heterocycles. The Labute approximate surface area is 326 Å². The summed E-state index contributed by atoms with van der Waals surface area (Å²) in [6, 6.07) is 63.9. The van der Waals surface area contributed by atoms with Gasteiger partial charge in [0, 0.05) is 34.0 Å². The molecule has 0 saturated heterocycles. The van der Waals surface area contributed by atoms with Gasteiger partial charge in [-0.2, -0.15) is 0 Å². The van der Waals surface area contributed by atoms with Crippen LogP contribution >= 0.6 is 0 Å². The first-order chi connectivity index (χ1) is 27.8. The van der Waals surface area contributed by atoms with Crippen LogP contribution in [-0.2, 0) is 6.42 Å². The minimum atomic E-state index is -0.0846. The van der Waals surface area contributed by atoms with Gasteiger partial charge in [0.2, 0.25) is 0 Å². The third kappa shape index (κ3) is 5.39. The maximum absolute atomic E-state index is 5.45. The second-order valence-corrected chi connectivity index (χ2v) is 15.0. The highest BCUT2D eigenvalue weighted by molar-refractivity contribution is 6.14. The molecule has 1 aliphatic carbocycles. The van der Waals surface area contributed by atoms with Crippen molar-refractivity contribution in [2.24, 2.45) is 4.99 Å². The van der Waals surface area contributed by atoms with Crippen molar-refractivity contribution in [1.82, 2.24) is 9.13 Å². The SMILES string of the molecule is C1=Cc2c(c3c(-c4ccc(-c5ccc6c(c5)c5ccccc5n6C5CC(c6ccccc6)=CC(c6ccccc6)=N5)cc4)cccc3n2-c2ccccc2)CC1. The second kappa shape index (κ2) is 13.4. The highest BCUT2D eigenvalue weighted by atomic mass is 15.1. The molecular formula is C53H39N3. The van der Waals surface area contributed by atoms with Crippen molar-refractivity contribution < 1.29 is 0 Å². The maximum atomic E-state index is 5.45. The first kappa shape index (κ1) is 32.5. The molecule has 266 valence electrons. The first-order valence-corrected chi connectivity index (χ1v) is 19.7. The van der Waals surface area contributed by atoms with Gasteiger partial charge in [0.25, 0.3) is 0 Å². The van der Waals surface area contributed by atoms with E-state index in [1.54, 1.807) is 0 Å². The van der Waals surface area contributed by atoms with E-state index in [1.807, 2.05) is 0 Å². The van der Waals surface area contributed by atoms with E-state index in [2.05, 4.69) is 203 Å². The summed E-state index contributed by atoms with van der Waals surface area (Å²) in [6.45, 7) is 0. The third-order valence-electron chi connectivity index (χ3n) is 11.7. The number of fused-ring (bicyclic) bond motifs is 6. The Hall–Kier alpha value is -6.97. The smallest absolute Gasteiger partial charge is 0.130 e. The molecule has 1 unspecified atom stereocenters. The Balaban J connectivity index is 0.997. The van der Waals surface area contributed by atoms with Gasteiger partial charge in [-0.05, 0) is 106 Å². The number of para-hydroxylation sites is 2. The lowest BCUT2D eigenvalue weighted by Crippen LogP contribution is -2.15. The highest BCUT2D eigenvalue weighted by Gasteiger charge is 2.25. The summed E-state index contributed by atoms with van der Waals surface area (Å²) in [5, 5.41) is 3.87. The van der Waals surface area contributed by atoms with Crippen molar-refractivity contribution in [2.75, 3.05) is 0 Å². The normalized spacial score (nSPS) is 15.2. The first-order valence-electron chi connectivity index (χ1n) is 19.7. The predicted molar refractivity (Wildman–Crippen MR) is 236 cm³/mol. The molecular weight excluding hydrogens is 679 g/mol. The van der Waals surface area contributed by atoms with E-state index in [0.29, 0.717) is 0 Å². The van der Waals surface area contributed by atoms with Crippen molar-refractivity contribution in [1.29, 1.82) is 0 Å². The summed E-state index contributed by atoms with van der Waals surface area (Å²) in [4.78, 5) is 5.45. The molecule has 0 N–H and O–H groups in total. The van der Waals surface area contributed by atoms with E-state index in [1.165, 1.54) is 83.0 Å². The molecule has 7 aromatic carbocycles. The summed E-state index contributed by atoms with van der Waals surface area (Å²) in [5.74, 6) is 0. The van der Waals surface area contributed by atoms with Crippen LogP contribution in [0.3, 0.4) is 0 Å². The van der Waals surface area contributed by atoms with Gasteiger partial charge < -0.3 is 9.13 Å². The van der Waals surface area contributed by atoms with Gasteiger partial charge in [-0.25, -0.2) is 0 Å². The van der Waals surface area contributed by atoms with Crippen LogP contribution in [0.5, 0.6) is 0 Å². The summed E-state index contributed by atoms with van der Waals surface area (Å²) in [7, 11) is 0. The van der Waals surface area contributed by atoms with E-state index in [4.69, 9.17) is 4.99 Å². The van der Waals surface area contributed by atoms with E-state index in [0.717, 1.165) is 30.5 Å². The van der Waals surface area contributed by atoms with Crippen molar-refractivity contribution in [3.05, 3.63) is 210 Å². The summed E-state index contributed by atoms with van der Waals surface area (Å²) in [6.07, 6.45) is 9.76. The molecule has 11 rings (SSSR count).